The predicted octanol–water partition coefficient (Wildman–Crippen LogP) is 2.55. The van der Waals surface area contributed by atoms with Crippen LogP contribution in [0.15, 0.2) is 42.5 Å². The van der Waals surface area contributed by atoms with Crippen molar-refractivity contribution in [1.29, 1.82) is 0 Å². The van der Waals surface area contributed by atoms with Crippen LogP contribution in [0.4, 0.5) is 21.5 Å². The first kappa shape index (κ1) is 19.8. The summed E-state index contributed by atoms with van der Waals surface area (Å²) in [6, 6.07) is 10.5. The summed E-state index contributed by atoms with van der Waals surface area (Å²) in [6.45, 7) is 1.58. The third-order valence-electron chi connectivity index (χ3n) is 3.73. The number of rotatable bonds is 7. The van der Waals surface area contributed by atoms with Crippen LogP contribution in [0, 0.1) is 22.9 Å². The van der Waals surface area contributed by atoms with Crippen molar-refractivity contribution >= 4 is 28.9 Å². The molecule has 2 aromatic rings. The molecule has 0 heterocycles. The van der Waals surface area contributed by atoms with E-state index in [9.17, 15) is 24.1 Å². The Balaban J connectivity index is 1.86. The van der Waals surface area contributed by atoms with Crippen LogP contribution in [0.25, 0.3) is 0 Å². The molecular weight excluding hydrogens is 355 g/mol. The first-order chi connectivity index (χ1) is 12.8. The average molecular weight is 374 g/mol. The Hall–Kier alpha value is -3.49. The minimum atomic E-state index is -0.957. The van der Waals surface area contributed by atoms with Crippen LogP contribution in [0.1, 0.15) is 5.56 Å². The van der Waals surface area contributed by atoms with Gasteiger partial charge >= 0.3 is 5.69 Å². The third-order valence-corrected chi connectivity index (χ3v) is 3.73. The second-order valence-corrected chi connectivity index (χ2v) is 5.94. The van der Waals surface area contributed by atoms with E-state index < -0.39 is 22.3 Å². The highest BCUT2D eigenvalue weighted by molar-refractivity contribution is 5.95. The van der Waals surface area contributed by atoms with E-state index in [4.69, 9.17) is 0 Å². The number of nitrogens with zero attached hydrogens (tertiary/aromatic N) is 2. The SMILES string of the molecule is Cc1ccc(NC(=O)CN(C)C(=O)CNc2ccc(F)c([N+](=O)[O-])c2)cc1. The van der Waals surface area contributed by atoms with Crippen molar-refractivity contribution in [3.8, 4) is 0 Å². The molecule has 0 unspecified atom stereocenters. The molecule has 9 heteroatoms. The van der Waals surface area contributed by atoms with Crippen molar-refractivity contribution in [2.24, 2.45) is 0 Å². The Morgan fingerprint density at radius 1 is 1.15 bits per heavy atom. The normalized spacial score (nSPS) is 10.2. The van der Waals surface area contributed by atoms with Crippen LogP contribution in [0.5, 0.6) is 0 Å². The second kappa shape index (κ2) is 8.75. The Kier molecular flexibility index (Phi) is 6.42. The van der Waals surface area contributed by atoms with Crippen molar-refractivity contribution in [2.75, 3.05) is 30.8 Å². The fraction of sp³-hybridized carbons (Fsp3) is 0.222. The van der Waals surface area contributed by atoms with E-state index >= 15 is 0 Å². The van der Waals surface area contributed by atoms with Crippen molar-refractivity contribution in [3.05, 3.63) is 64.0 Å². The highest BCUT2D eigenvalue weighted by Gasteiger charge is 2.16. The Morgan fingerprint density at radius 2 is 1.78 bits per heavy atom. The minimum Gasteiger partial charge on any atom is -0.376 e. The number of nitro groups is 1. The van der Waals surface area contributed by atoms with Gasteiger partial charge in [0.15, 0.2) is 0 Å². The van der Waals surface area contributed by atoms with Gasteiger partial charge < -0.3 is 15.5 Å². The number of carbonyl (C=O) groups is 2. The molecule has 0 fully saturated rings. The molecule has 2 N–H and O–H groups in total. The molecule has 142 valence electrons. The van der Waals surface area contributed by atoms with Gasteiger partial charge in [0, 0.05) is 24.5 Å². The first-order valence-electron chi connectivity index (χ1n) is 8.04. The lowest BCUT2D eigenvalue weighted by atomic mass is 10.2. The van der Waals surface area contributed by atoms with Gasteiger partial charge in [0.2, 0.25) is 17.6 Å². The minimum absolute atomic E-state index is 0.155. The van der Waals surface area contributed by atoms with Crippen molar-refractivity contribution in [3.63, 3.8) is 0 Å². The maximum absolute atomic E-state index is 13.3. The van der Waals surface area contributed by atoms with Gasteiger partial charge in [-0.1, -0.05) is 17.7 Å². The zero-order chi connectivity index (χ0) is 20.0. The van der Waals surface area contributed by atoms with Gasteiger partial charge in [0.25, 0.3) is 0 Å². The summed E-state index contributed by atoms with van der Waals surface area (Å²) in [7, 11) is 1.46. The molecule has 0 radical (unpaired) electrons. The fourth-order valence-electron chi connectivity index (χ4n) is 2.22. The van der Waals surface area contributed by atoms with E-state index in [0.29, 0.717) is 5.69 Å². The molecule has 0 aromatic heterocycles. The van der Waals surface area contributed by atoms with E-state index in [1.165, 1.54) is 18.0 Å². The summed E-state index contributed by atoms with van der Waals surface area (Å²) >= 11 is 0. The summed E-state index contributed by atoms with van der Waals surface area (Å²) in [5, 5.41) is 16.1. The zero-order valence-corrected chi connectivity index (χ0v) is 14.9. The molecule has 27 heavy (non-hydrogen) atoms. The molecule has 0 atom stereocenters. The number of hydrogen-bond acceptors (Lipinski definition) is 5. The standard InChI is InChI=1S/C18H19FN4O4/c1-12-3-5-13(6-4-12)21-17(24)11-22(2)18(25)10-20-14-7-8-15(19)16(9-14)23(26)27/h3-9,20H,10-11H2,1-2H3,(H,21,24). The van der Waals surface area contributed by atoms with Crippen molar-refractivity contribution < 1.29 is 18.9 Å². The topological polar surface area (TPSA) is 105 Å². The fourth-order valence-corrected chi connectivity index (χ4v) is 2.22. The molecule has 2 aromatic carbocycles. The van der Waals surface area contributed by atoms with Crippen molar-refractivity contribution in [2.45, 2.75) is 6.92 Å². The molecule has 0 spiro atoms. The molecule has 0 bridgehead atoms. The summed E-state index contributed by atoms with van der Waals surface area (Å²) in [6.07, 6.45) is 0. The number of hydrogen-bond donors (Lipinski definition) is 2. The molecule has 0 saturated heterocycles. The summed E-state index contributed by atoms with van der Waals surface area (Å²) in [5.41, 5.74) is 1.24. The molecule has 8 nitrogen and oxygen atoms in total. The predicted molar refractivity (Wildman–Crippen MR) is 99.0 cm³/mol. The van der Waals surface area contributed by atoms with Gasteiger partial charge in [-0.05, 0) is 31.2 Å². The maximum atomic E-state index is 13.3. The van der Waals surface area contributed by atoms with Crippen LogP contribution in [-0.2, 0) is 9.59 Å². The van der Waals surface area contributed by atoms with Gasteiger partial charge in [-0.25, -0.2) is 0 Å². The Labute approximate surface area is 155 Å². The number of amides is 2. The molecule has 0 saturated carbocycles. The lowest BCUT2D eigenvalue weighted by molar-refractivity contribution is -0.387. The quantitative estimate of drug-likeness (QED) is 0.572. The number of carbonyl (C=O) groups excluding carboxylic acids is 2. The number of aryl methyl sites for hydroxylation is 1. The molecule has 2 rings (SSSR count). The number of likely N-dealkylation sites (N-methyl/N-ethyl adjacent to an activating group) is 1. The monoisotopic (exact) mass is 374 g/mol. The smallest absolute Gasteiger partial charge is 0.306 e. The van der Waals surface area contributed by atoms with Crippen LogP contribution < -0.4 is 10.6 Å². The lowest BCUT2D eigenvalue weighted by Crippen LogP contribution is -2.38. The van der Waals surface area contributed by atoms with Gasteiger partial charge in [-0.3, -0.25) is 19.7 Å². The zero-order valence-electron chi connectivity index (χ0n) is 14.9. The largest absolute Gasteiger partial charge is 0.376 e. The van der Waals surface area contributed by atoms with Crippen LogP contribution in [-0.4, -0.2) is 41.8 Å². The van der Waals surface area contributed by atoms with E-state index in [0.717, 1.165) is 17.7 Å². The number of anilines is 2. The van der Waals surface area contributed by atoms with E-state index in [1.54, 1.807) is 12.1 Å². The Bertz CT molecular complexity index is 855. The van der Waals surface area contributed by atoms with E-state index in [2.05, 4.69) is 10.6 Å². The first-order valence-corrected chi connectivity index (χ1v) is 8.04. The third kappa shape index (κ3) is 5.77. The molecule has 0 aliphatic rings. The second-order valence-electron chi connectivity index (χ2n) is 5.94. The van der Waals surface area contributed by atoms with Crippen LogP contribution >= 0.6 is 0 Å². The summed E-state index contributed by atoms with van der Waals surface area (Å²) < 4.78 is 13.3. The molecule has 2 amide bonds. The highest BCUT2D eigenvalue weighted by Crippen LogP contribution is 2.21. The van der Waals surface area contributed by atoms with E-state index in [1.807, 2.05) is 19.1 Å². The van der Waals surface area contributed by atoms with Crippen molar-refractivity contribution in [1.82, 2.24) is 4.90 Å². The number of nitrogens with one attached hydrogen (secondary N) is 2. The number of nitro benzene ring substituents is 1. The number of benzene rings is 2. The molecule has 0 aliphatic heterocycles. The van der Waals surface area contributed by atoms with Gasteiger partial charge in [-0.15, -0.1) is 0 Å². The average Bonchev–Trinajstić information content (AvgIpc) is 2.62. The van der Waals surface area contributed by atoms with Gasteiger partial charge in [0.05, 0.1) is 18.0 Å². The molecule has 0 aliphatic carbocycles. The lowest BCUT2D eigenvalue weighted by Gasteiger charge is -2.17. The Morgan fingerprint density at radius 3 is 2.41 bits per heavy atom. The maximum Gasteiger partial charge on any atom is 0.306 e. The number of halogens is 1. The van der Waals surface area contributed by atoms with E-state index in [-0.39, 0.29) is 24.7 Å². The van der Waals surface area contributed by atoms with Gasteiger partial charge in [0.1, 0.15) is 0 Å². The summed E-state index contributed by atoms with van der Waals surface area (Å²) in [5.74, 6) is -1.71. The van der Waals surface area contributed by atoms with Crippen LogP contribution in [0.3, 0.4) is 0 Å². The van der Waals surface area contributed by atoms with Gasteiger partial charge in [-0.2, -0.15) is 4.39 Å². The molecular formula is C18H19FN4O4. The summed E-state index contributed by atoms with van der Waals surface area (Å²) in [4.78, 5) is 35.2. The highest BCUT2D eigenvalue weighted by atomic mass is 19.1. The van der Waals surface area contributed by atoms with Crippen LogP contribution in [0.2, 0.25) is 0 Å².